The van der Waals surface area contributed by atoms with Crippen LogP contribution < -0.4 is 21.9 Å². The van der Waals surface area contributed by atoms with E-state index in [1.165, 1.54) is 107 Å². The fourth-order valence-corrected chi connectivity index (χ4v) is 11.8. The van der Waals surface area contributed by atoms with Crippen molar-refractivity contribution in [2.75, 3.05) is 0 Å². The first-order valence-electron chi connectivity index (χ1n) is 14.7. The smallest absolute Gasteiger partial charge is 0.331 e. The Hall–Kier alpha value is -4.25. The van der Waals surface area contributed by atoms with Crippen LogP contribution in [0.4, 0.5) is 0 Å². The normalized spacial score (nSPS) is 15.3. The Balaban J connectivity index is 1.40. The highest BCUT2D eigenvalue weighted by molar-refractivity contribution is 8.01. The molecule has 0 amide bonds. The van der Waals surface area contributed by atoms with Crippen LogP contribution in [0.3, 0.4) is 0 Å². The van der Waals surface area contributed by atoms with Gasteiger partial charge >= 0.3 is 13.7 Å². The second kappa shape index (κ2) is 6.39. The molecular weight excluding hydrogens is 546 g/mol. The van der Waals surface area contributed by atoms with Gasteiger partial charge in [0.1, 0.15) is 0 Å². The summed E-state index contributed by atoms with van der Waals surface area (Å²) in [7, 11) is 0. The maximum Gasteiger partial charge on any atom is 0.331 e. The largest absolute Gasteiger partial charge is 0.375 e. The van der Waals surface area contributed by atoms with Crippen molar-refractivity contribution < 1.29 is 0 Å². The molecule has 0 atom stereocenters. The van der Waals surface area contributed by atoms with Crippen LogP contribution in [0.5, 0.6) is 0 Å². The predicted molar refractivity (Wildman–Crippen MR) is 179 cm³/mol. The first-order chi connectivity index (χ1) is 20.9. The van der Waals surface area contributed by atoms with E-state index in [2.05, 4.69) is 106 Å². The number of hydrogen-bond acceptors (Lipinski definition) is 2. The molecule has 8 aromatic rings. The predicted octanol–water partition coefficient (Wildman–Crippen LogP) is 6.41. The highest BCUT2D eigenvalue weighted by atomic mass is 32.2. The number of rotatable bonds is 0. The van der Waals surface area contributed by atoms with E-state index in [1.807, 2.05) is 23.5 Å². The van der Waals surface area contributed by atoms with Crippen LogP contribution in [0.2, 0.25) is 0 Å². The van der Waals surface area contributed by atoms with Gasteiger partial charge in [0.15, 0.2) is 0 Å². The fourth-order valence-electron chi connectivity index (χ4n) is 9.38. The summed E-state index contributed by atoms with van der Waals surface area (Å²) in [5, 5.41) is 5.53. The van der Waals surface area contributed by atoms with Gasteiger partial charge in [0.05, 0.1) is 0 Å². The summed E-state index contributed by atoms with van der Waals surface area (Å²) in [6.45, 7) is 0.383. The maximum absolute atomic E-state index is 2.75. The van der Waals surface area contributed by atoms with Crippen molar-refractivity contribution in [1.29, 1.82) is 0 Å². The first kappa shape index (κ1) is 20.6. The minimum atomic E-state index is 0.168. The van der Waals surface area contributed by atoms with Crippen LogP contribution in [-0.4, -0.2) is 22.7 Å². The van der Waals surface area contributed by atoms with Gasteiger partial charge in [-0.3, -0.25) is 0 Å². The quantitative estimate of drug-likeness (QED) is 0.198. The molecule has 7 heterocycles. The minimum Gasteiger partial charge on any atom is -0.375 e. The molecule has 0 N–H and O–H groups in total. The monoisotopic (exact) mass is 562 g/mol. The third-order valence-electron chi connectivity index (χ3n) is 10.7. The second-order valence-corrected chi connectivity index (χ2v) is 14.5. The molecule has 0 unspecified atom stereocenters. The van der Waals surface area contributed by atoms with Gasteiger partial charge in [0.2, 0.25) is 0 Å². The highest BCUT2D eigenvalue weighted by Gasteiger charge is 2.50. The number of nitrogens with zero attached hydrogens (tertiary/aromatic N) is 2. The number of fused-ring (bicyclic) bond motifs is 8. The Morgan fingerprint density at radius 2 is 1.17 bits per heavy atom. The topological polar surface area (TPSA) is 9.86 Å². The van der Waals surface area contributed by atoms with Crippen LogP contribution in [0.1, 0.15) is 0 Å². The molecule has 6 heteroatoms. The summed E-state index contributed by atoms with van der Waals surface area (Å²) in [6, 6.07) is 37.3. The fraction of sp³-hybridized carbons (Fsp3) is 0. The van der Waals surface area contributed by atoms with Crippen molar-refractivity contribution in [1.82, 2.24) is 8.96 Å². The van der Waals surface area contributed by atoms with Gasteiger partial charge in [-0.1, -0.05) is 90.3 Å². The van der Waals surface area contributed by atoms with Crippen LogP contribution >= 0.6 is 23.5 Å². The van der Waals surface area contributed by atoms with Crippen molar-refractivity contribution in [2.45, 2.75) is 19.6 Å². The summed E-state index contributed by atoms with van der Waals surface area (Å²) in [4.78, 5) is 5.65. The van der Waals surface area contributed by atoms with E-state index in [0.717, 1.165) is 0 Å². The molecule has 2 nitrogen and oxygen atoms in total. The lowest BCUT2D eigenvalue weighted by Crippen LogP contribution is -2.62. The zero-order chi connectivity index (χ0) is 26.6. The van der Waals surface area contributed by atoms with Crippen molar-refractivity contribution in [3.8, 4) is 22.3 Å². The van der Waals surface area contributed by atoms with Crippen molar-refractivity contribution >= 4 is 103 Å². The van der Waals surface area contributed by atoms with Crippen molar-refractivity contribution in [3.05, 3.63) is 97.1 Å². The molecule has 2 aromatic heterocycles. The van der Waals surface area contributed by atoms with Gasteiger partial charge in [-0.2, -0.15) is 0 Å². The molecule has 0 fully saturated rings. The molecule has 5 aliphatic heterocycles. The lowest BCUT2D eigenvalue weighted by atomic mass is 9.40. The van der Waals surface area contributed by atoms with Gasteiger partial charge in [-0.25, -0.2) is 0 Å². The second-order valence-electron chi connectivity index (χ2n) is 12.3. The van der Waals surface area contributed by atoms with E-state index in [9.17, 15) is 0 Å². The van der Waals surface area contributed by atoms with Crippen LogP contribution in [0.15, 0.2) is 117 Å². The molecular formula is C36H16B2N2S2. The number of hydrogen-bond donors (Lipinski definition) is 0. The lowest BCUT2D eigenvalue weighted by Gasteiger charge is -2.42. The van der Waals surface area contributed by atoms with Crippen LogP contribution in [-0.2, 0) is 0 Å². The maximum atomic E-state index is 2.75. The third kappa shape index (κ3) is 1.93. The first-order valence-corrected chi connectivity index (χ1v) is 16.3. The van der Waals surface area contributed by atoms with E-state index < -0.39 is 0 Å². The molecule has 6 aromatic carbocycles. The number of aromatic nitrogens is 2. The van der Waals surface area contributed by atoms with Gasteiger partial charge < -0.3 is 8.96 Å². The summed E-state index contributed by atoms with van der Waals surface area (Å²) in [5.41, 5.74) is 17.4. The SMILES string of the molecule is c1ccc2c(c1)Sc1cc3c4c5c1B2n1c2ccccc2c2cc6c7cccc8c7n(c6c-5c21)B4c1c(cccc1-8)S3. The van der Waals surface area contributed by atoms with E-state index >= 15 is 0 Å². The van der Waals surface area contributed by atoms with Gasteiger partial charge in [-0.05, 0) is 63.3 Å². The van der Waals surface area contributed by atoms with E-state index in [4.69, 9.17) is 0 Å². The molecule has 13 rings (SSSR count). The minimum absolute atomic E-state index is 0.168. The van der Waals surface area contributed by atoms with Crippen molar-refractivity contribution in [3.63, 3.8) is 0 Å². The number of para-hydroxylation sites is 2. The van der Waals surface area contributed by atoms with Gasteiger partial charge in [-0.15, -0.1) is 0 Å². The molecule has 5 aliphatic rings. The van der Waals surface area contributed by atoms with E-state index in [-0.39, 0.29) is 13.7 Å². The molecule has 0 spiro atoms. The Kier molecular flexibility index (Phi) is 3.13. The molecule has 42 heavy (non-hydrogen) atoms. The molecule has 0 saturated heterocycles. The average Bonchev–Trinajstić information content (AvgIpc) is 3.55. The van der Waals surface area contributed by atoms with E-state index in [1.54, 1.807) is 0 Å². The molecule has 188 valence electrons. The van der Waals surface area contributed by atoms with Crippen LogP contribution in [0, 0.1) is 0 Å². The summed E-state index contributed by atoms with van der Waals surface area (Å²) in [6.07, 6.45) is 0. The summed E-state index contributed by atoms with van der Waals surface area (Å²) < 4.78 is 5.46. The van der Waals surface area contributed by atoms with Gasteiger partial charge in [0, 0.05) is 74.3 Å². The Labute approximate surface area is 249 Å². The molecule has 0 saturated carbocycles. The summed E-state index contributed by atoms with van der Waals surface area (Å²) >= 11 is 3.97. The third-order valence-corrected chi connectivity index (χ3v) is 13.0. The Morgan fingerprint density at radius 3 is 2.14 bits per heavy atom. The Morgan fingerprint density at radius 1 is 0.452 bits per heavy atom. The van der Waals surface area contributed by atoms with Crippen LogP contribution in [0.25, 0.3) is 65.9 Å². The average molecular weight is 562 g/mol. The van der Waals surface area contributed by atoms with Crippen molar-refractivity contribution in [2.24, 2.45) is 0 Å². The summed E-state index contributed by atoms with van der Waals surface area (Å²) in [5.74, 6) is 0. The molecule has 0 aliphatic carbocycles. The highest BCUT2D eigenvalue weighted by Crippen LogP contribution is 2.54. The van der Waals surface area contributed by atoms with E-state index in [0.29, 0.717) is 0 Å². The molecule has 0 bridgehead atoms. The molecule has 0 radical (unpaired) electrons. The van der Waals surface area contributed by atoms with Gasteiger partial charge in [0.25, 0.3) is 0 Å². The zero-order valence-corrected chi connectivity index (χ0v) is 23.7. The standard InChI is InChI=1S/C36H16B2N2S2/c1-3-12-24-17(7-1)21-15-22-20-10-5-9-19-18-8-6-14-26-31(18)38-33-28(42-26)16-27-32-29(33)30(36(22)40(38)34(19)20)35(21)39(24)37(32)23-11-2-4-13-25(23)41-27/h1-16H. The number of benzene rings is 6. The zero-order valence-electron chi connectivity index (χ0n) is 22.1. The lowest BCUT2D eigenvalue weighted by molar-refractivity contribution is 1.23. The Bertz CT molecular complexity index is 2700.